The number of nitrogens with one attached hydrogen (secondary N) is 1. The van der Waals surface area contributed by atoms with Gasteiger partial charge in [0.2, 0.25) is 0 Å². The Morgan fingerprint density at radius 3 is 2.56 bits per heavy atom. The standard InChI is InChI=1S/C10H11N3O4S/c11-10(18)12-6-4-8-9(5-7(6)13(14)15)17-3-1-2-16-8/h4-5H,1-3H2,(H3,11,12,18). The fraction of sp³-hybridized carbons (Fsp3) is 0.300. The van der Waals surface area contributed by atoms with E-state index in [2.05, 4.69) is 17.5 Å². The summed E-state index contributed by atoms with van der Waals surface area (Å²) in [6.45, 7) is 0.962. The van der Waals surface area contributed by atoms with Crippen LogP contribution in [-0.2, 0) is 0 Å². The first-order chi connectivity index (χ1) is 8.58. The molecule has 0 amide bonds. The van der Waals surface area contributed by atoms with Gasteiger partial charge in [0.05, 0.1) is 24.2 Å². The number of benzene rings is 1. The van der Waals surface area contributed by atoms with Crippen molar-refractivity contribution in [3.05, 3.63) is 22.2 Å². The van der Waals surface area contributed by atoms with E-state index in [-0.39, 0.29) is 16.5 Å². The van der Waals surface area contributed by atoms with Crippen LogP contribution in [0.5, 0.6) is 11.5 Å². The molecule has 1 aromatic carbocycles. The largest absolute Gasteiger partial charge is 0.489 e. The lowest BCUT2D eigenvalue weighted by Gasteiger charge is -2.10. The van der Waals surface area contributed by atoms with Gasteiger partial charge in [0, 0.05) is 12.5 Å². The molecule has 1 heterocycles. The van der Waals surface area contributed by atoms with Crippen LogP contribution < -0.4 is 20.5 Å². The first kappa shape index (κ1) is 12.4. The van der Waals surface area contributed by atoms with E-state index < -0.39 is 4.92 Å². The Labute approximate surface area is 108 Å². The van der Waals surface area contributed by atoms with Crippen LogP contribution >= 0.6 is 12.2 Å². The molecule has 7 nitrogen and oxygen atoms in total. The normalized spacial score (nSPS) is 13.6. The molecule has 0 aliphatic carbocycles. The van der Waals surface area contributed by atoms with Gasteiger partial charge in [-0.25, -0.2) is 0 Å². The lowest BCUT2D eigenvalue weighted by molar-refractivity contribution is -0.384. The first-order valence-corrected chi connectivity index (χ1v) is 5.63. The number of anilines is 1. The summed E-state index contributed by atoms with van der Waals surface area (Å²) in [7, 11) is 0. The minimum absolute atomic E-state index is 0.0485. The summed E-state index contributed by atoms with van der Waals surface area (Å²) in [5, 5.41) is 13.5. The number of hydrogen-bond acceptors (Lipinski definition) is 5. The zero-order valence-electron chi connectivity index (χ0n) is 9.34. The van der Waals surface area contributed by atoms with Crippen molar-refractivity contribution >= 4 is 28.7 Å². The SMILES string of the molecule is NC(=S)Nc1cc2c(cc1[N+](=O)[O-])OCCCO2. The highest BCUT2D eigenvalue weighted by atomic mass is 32.1. The van der Waals surface area contributed by atoms with Crippen LogP contribution in [0.1, 0.15) is 6.42 Å². The van der Waals surface area contributed by atoms with Gasteiger partial charge in [0.15, 0.2) is 16.6 Å². The molecule has 18 heavy (non-hydrogen) atoms. The molecule has 0 spiro atoms. The Morgan fingerprint density at radius 2 is 2.00 bits per heavy atom. The van der Waals surface area contributed by atoms with Crippen molar-refractivity contribution in [2.45, 2.75) is 6.42 Å². The van der Waals surface area contributed by atoms with Crippen molar-refractivity contribution < 1.29 is 14.4 Å². The zero-order chi connectivity index (χ0) is 13.1. The molecule has 0 saturated heterocycles. The van der Waals surface area contributed by atoms with Gasteiger partial charge in [-0.05, 0) is 12.2 Å². The molecule has 8 heteroatoms. The number of hydrogen-bond donors (Lipinski definition) is 2. The van der Waals surface area contributed by atoms with Gasteiger partial charge < -0.3 is 20.5 Å². The Bertz CT molecular complexity index is 506. The number of thiocarbonyl (C=S) groups is 1. The highest BCUT2D eigenvalue weighted by molar-refractivity contribution is 7.80. The predicted octanol–water partition coefficient (Wildman–Crippen LogP) is 1.41. The topological polar surface area (TPSA) is 99.7 Å². The maximum absolute atomic E-state index is 11.0. The molecule has 0 bridgehead atoms. The summed E-state index contributed by atoms with van der Waals surface area (Å²) in [6, 6.07) is 2.78. The third-order valence-corrected chi connectivity index (χ3v) is 2.42. The summed E-state index contributed by atoms with van der Waals surface area (Å²) < 4.78 is 10.8. The van der Waals surface area contributed by atoms with E-state index in [0.717, 1.165) is 6.42 Å². The molecule has 0 radical (unpaired) electrons. The second kappa shape index (κ2) is 5.05. The van der Waals surface area contributed by atoms with E-state index in [4.69, 9.17) is 15.2 Å². The smallest absolute Gasteiger partial charge is 0.296 e. The fourth-order valence-corrected chi connectivity index (χ4v) is 1.69. The molecule has 1 aliphatic heterocycles. The minimum Gasteiger partial charge on any atom is -0.489 e. The quantitative estimate of drug-likeness (QED) is 0.475. The molecular formula is C10H11N3O4S. The van der Waals surface area contributed by atoms with Crippen LogP contribution in [0.3, 0.4) is 0 Å². The average Bonchev–Trinajstić information content (AvgIpc) is 2.51. The Kier molecular flexibility index (Phi) is 3.47. The number of fused-ring (bicyclic) bond motifs is 1. The molecule has 1 aromatic rings. The highest BCUT2D eigenvalue weighted by Gasteiger charge is 2.21. The predicted molar refractivity (Wildman–Crippen MR) is 69.1 cm³/mol. The third kappa shape index (κ3) is 2.59. The first-order valence-electron chi connectivity index (χ1n) is 5.22. The van der Waals surface area contributed by atoms with E-state index in [1.807, 2.05) is 0 Å². The second-order valence-electron chi connectivity index (χ2n) is 3.61. The molecule has 0 atom stereocenters. The van der Waals surface area contributed by atoms with E-state index >= 15 is 0 Å². The molecule has 0 unspecified atom stereocenters. The third-order valence-electron chi connectivity index (χ3n) is 2.32. The number of nitrogens with zero attached hydrogens (tertiary/aromatic N) is 1. The summed E-state index contributed by atoms with van der Waals surface area (Å²) in [5.74, 6) is 0.796. The van der Waals surface area contributed by atoms with Crippen molar-refractivity contribution in [2.24, 2.45) is 5.73 Å². The zero-order valence-corrected chi connectivity index (χ0v) is 10.2. The second-order valence-corrected chi connectivity index (χ2v) is 4.05. The van der Waals surface area contributed by atoms with Crippen molar-refractivity contribution in [3.63, 3.8) is 0 Å². The van der Waals surface area contributed by atoms with E-state index in [1.165, 1.54) is 12.1 Å². The fourth-order valence-electron chi connectivity index (χ4n) is 1.58. The van der Waals surface area contributed by atoms with Crippen molar-refractivity contribution in [2.75, 3.05) is 18.5 Å². The van der Waals surface area contributed by atoms with Crippen molar-refractivity contribution in [1.82, 2.24) is 0 Å². The summed E-state index contributed by atoms with van der Waals surface area (Å²) >= 11 is 4.68. The van der Waals surface area contributed by atoms with Crippen molar-refractivity contribution in [1.29, 1.82) is 0 Å². The number of nitro groups is 1. The molecular weight excluding hydrogens is 258 g/mol. The van der Waals surface area contributed by atoms with Gasteiger partial charge in [0.1, 0.15) is 5.69 Å². The summed E-state index contributed by atoms with van der Waals surface area (Å²) in [4.78, 5) is 10.4. The lowest BCUT2D eigenvalue weighted by atomic mass is 10.2. The molecule has 2 rings (SSSR count). The van der Waals surface area contributed by atoms with E-state index in [0.29, 0.717) is 24.7 Å². The van der Waals surface area contributed by atoms with E-state index in [9.17, 15) is 10.1 Å². The highest BCUT2D eigenvalue weighted by Crippen LogP contribution is 2.38. The molecule has 96 valence electrons. The van der Waals surface area contributed by atoms with Gasteiger partial charge in [-0.15, -0.1) is 0 Å². The van der Waals surface area contributed by atoms with Gasteiger partial charge in [-0.1, -0.05) is 0 Å². The van der Waals surface area contributed by atoms with Crippen LogP contribution in [0.2, 0.25) is 0 Å². The minimum atomic E-state index is -0.533. The van der Waals surface area contributed by atoms with Crippen LogP contribution in [0.4, 0.5) is 11.4 Å². The van der Waals surface area contributed by atoms with Crippen LogP contribution in [0, 0.1) is 10.1 Å². The monoisotopic (exact) mass is 269 g/mol. The van der Waals surface area contributed by atoms with Gasteiger partial charge in [-0.2, -0.15) is 0 Å². The van der Waals surface area contributed by atoms with Crippen LogP contribution in [-0.4, -0.2) is 23.2 Å². The molecule has 0 fully saturated rings. The van der Waals surface area contributed by atoms with Gasteiger partial charge >= 0.3 is 0 Å². The molecule has 3 N–H and O–H groups in total. The average molecular weight is 269 g/mol. The molecule has 0 saturated carbocycles. The Morgan fingerprint density at radius 1 is 1.39 bits per heavy atom. The van der Waals surface area contributed by atoms with Crippen LogP contribution in [0.25, 0.3) is 0 Å². The molecule has 1 aliphatic rings. The Hall–Kier alpha value is -2.09. The van der Waals surface area contributed by atoms with Crippen molar-refractivity contribution in [3.8, 4) is 11.5 Å². The number of rotatable bonds is 2. The summed E-state index contributed by atoms with van der Waals surface area (Å²) in [5.41, 5.74) is 5.36. The maximum atomic E-state index is 11.0. The number of nitro benzene ring substituents is 1. The summed E-state index contributed by atoms with van der Waals surface area (Å²) in [6.07, 6.45) is 0.723. The molecule has 0 aromatic heterocycles. The lowest BCUT2D eigenvalue weighted by Crippen LogP contribution is -2.19. The Balaban J connectivity index is 2.47. The maximum Gasteiger partial charge on any atom is 0.296 e. The van der Waals surface area contributed by atoms with Gasteiger partial charge in [-0.3, -0.25) is 10.1 Å². The number of nitrogens with two attached hydrogens (primary N) is 1. The van der Waals surface area contributed by atoms with Gasteiger partial charge in [0.25, 0.3) is 5.69 Å². The van der Waals surface area contributed by atoms with Crippen LogP contribution in [0.15, 0.2) is 12.1 Å². The number of ether oxygens (including phenoxy) is 2. The van der Waals surface area contributed by atoms with E-state index in [1.54, 1.807) is 0 Å².